The lowest BCUT2D eigenvalue weighted by molar-refractivity contribution is -0.119. The monoisotopic (exact) mass is 270 g/mol. The quantitative estimate of drug-likeness (QED) is 0.520. The van der Waals surface area contributed by atoms with Gasteiger partial charge in [-0.05, 0) is 6.42 Å². The minimum Gasteiger partial charge on any atom is -0.338 e. The molecule has 0 aliphatic rings. The number of carbonyl (C=O) groups excluding carboxylic acids is 2. The van der Waals surface area contributed by atoms with E-state index in [1.54, 1.807) is 0 Å². The molecule has 0 aromatic rings. The molecule has 6 nitrogen and oxygen atoms in total. The molecule has 94 valence electrons. The fraction of sp³-hybridized carbons (Fsp3) is 0.750. The molecule has 0 spiro atoms. The standard InChI is InChI=1S/C8H15ClN2O4S/c1-16(14,15)6-2-5-10-8(13)11-7(12)3-4-9/h2-6H2,1H3,(H2,10,11,12,13). The van der Waals surface area contributed by atoms with E-state index in [4.69, 9.17) is 11.6 Å². The summed E-state index contributed by atoms with van der Waals surface area (Å²) in [7, 11) is -3.01. The predicted molar refractivity (Wildman–Crippen MR) is 61.2 cm³/mol. The molecule has 0 rings (SSSR count). The van der Waals surface area contributed by atoms with Crippen LogP contribution in [0.25, 0.3) is 0 Å². The fourth-order valence-electron chi connectivity index (χ4n) is 0.855. The summed E-state index contributed by atoms with van der Waals surface area (Å²) in [6.45, 7) is 0.201. The van der Waals surface area contributed by atoms with Crippen molar-refractivity contribution in [2.24, 2.45) is 0 Å². The molecule has 0 aromatic carbocycles. The van der Waals surface area contributed by atoms with Gasteiger partial charge in [-0.2, -0.15) is 0 Å². The minimum atomic E-state index is -3.01. The molecule has 0 unspecified atom stereocenters. The summed E-state index contributed by atoms with van der Waals surface area (Å²) in [4.78, 5) is 21.9. The van der Waals surface area contributed by atoms with E-state index in [0.29, 0.717) is 6.42 Å². The molecule has 0 radical (unpaired) electrons. The van der Waals surface area contributed by atoms with Gasteiger partial charge >= 0.3 is 6.03 Å². The van der Waals surface area contributed by atoms with Crippen molar-refractivity contribution in [2.75, 3.05) is 24.4 Å². The number of sulfone groups is 1. The molecule has 0 bridgehead atoms. The van der Waals surface area contributed by atoms with Crippen LogP contribution in [0.1, 0.15) is 12.8 Å². The molecule has 0 aromatic heterocycles. The van der Waals surface area contributed by atoms with E-state index in [2.05, 4.69) is 10.6 Å². The number of imide groups is 1. The number of hydrogen-bond acceptors (Lipinski definition) is 4. The van der Waals surface area contributed by atoms with Gasteiger partial charge in [-0.3, -0.25) is 10.1 Å². The number of alkyl halides is 1. The Balaban J connectivity index is 3.63. The average Bonchev–Trinajstić information content (AvgIpc) is 2.11. The van der Waals surface area contributed by atoms with Crippen molar-refractivity contribution in [2.45, 2.75) is 12.8 Å². The van der Waals surface area contributed by atoms with Gasteiger partial charge in [-0.1, -0.05) is 0 Å². The first-order valence-corrected chi connectivity index (χ1v) is 7.26. The Morgan fingerprint density at radius 1 is 1.31 bits per heavy atom. The van der Waals surface area contributed by atoms with Crippen molar-refractivity contribution in [3.8, 4) is 0 Å². The Hall–Kier alpha value is -0.820. The van der Waals surface area contributed by atoms with Gasteiger partial charge in [-0.25, -0.2) is 13.2 Å². The zero-order valence-electron chi connectivity index (χ0n) is 8.95. The Morgan fingerprint density at radius 2 is 1.94 bits per heavy atom. The van der Waals surface area contributed by atoms with E-state index in [0.717, 1.165) is 6.26 Å². The van der Waals surface area contributed by atoms with Crippen molar-refractivity contribution in [3.63, 3.8) is 0 Å². The van der Waals surface area contributed by atoms with Gasteiger partial charge in [-0.15, -0.1) is 11.6 Å². The molecule has 0 aliphatic carbocycles. The van der Waals surface area contributed by atoms with Crippen LogP contribution in [0.15, 0.2) is 0 Å². The largest absolute Gasteiger partial charge is 0.338 e. The zero-order chi connectivity index (χ0) is 12.6. The smallest absolute Gasteiger partial charge is 0.321 e. The minimum absolute atomic E-state index is 0.00288. The second-order valence-corrected chi connectivity index (χ2v) is 5.86. The third-order valence-electron chi connectivity index (χ3n) is 1.55. The van der Waals surface area contributed by atoms with Crippen LogP contribution in [-0.2, 0) is 14.6 Å². The highest BCUT2D eigenvalue weighted by Crippen LogP contribution is 1.87. The van der Waals surface area contributed by atoms with Crippen LogP contribution < -0.4 is 10.6 Å². The molecule has 8 heteroatoms. The molecule has 0 saturated carbocycles. The van der Waals surface area contributed by atoms with Crippen molar-refractivity contribution >= 4 is 33.4 Å². The van der Waals surface area contributed by atoms with Crippen LogP contribution in [-0.4, -0.2) is 44.8 Å². The lowest BCUT2D eigenvalue weighted by Gasteiger charge is -2.05. The number of carbonyl (C=O) groups is 2. The fourth-order valence-corrected chi connectivity index (χ4v) is 1.70. The molecule has 0 heterocycles. The number of nitrogens with one attached hydrogen (secondary N) is 2. The van der Waals surface area contributed by atoms with E-state index in [1.165, 1.54) is 0 Å². The molecule has 3 amide bonds. The second kappa shape index (κ2) is 7.45. The first kappa shape index (κ1) is 15.2. The van der Waals surface area contributed by atoms with Crippen molar-refractivity contribution in [1.29, 1.82) is 0 Å². The zero-order valence-corrected chi connectivity index (χ0v) is 10.5. The molecule has 0 atom stereocenters. The SMILES string of the molecule is CS(=O)(=O)CCCNC(=O)NC(=O)CCCl. The van der Waals surface area contributed by atoms with Crippen LogP contribution >= 0.6 is 11.6 Å². The van der Waals surface area contributed by atoms with E-state index in [-0.39, 0.29) is 24.6 Å². The summed E-state index contributed by atoms with van der Waals surface area (Å²) in [5.74, 6) is -0.313. The predicted octanol–water partition coefficient (Wildman–Crippen LogP) is -0.124. The second-order valence-electron chi connectivity index (χ2n) is 3.23. The molecule has 0 saturated heterocycles. The summed E-state index contributed by atoms with van der Waals surface area (Å²) in [6.07, 6.45) is 1.51. The number of amides is 3. The van der Waals surface area contributed by atoms with Gasteiger partial charge in [0.2, 0.25) is 5.91 Å². The van der Waals surface area contributed by atoms with Crippen molar-refractivity contribution in [3.05, 3.63) is 0 Å². The Bertz CT molecular complexity index is 342. The number of halogens is 1. The third kappa shape index (κ3) is 9.72. The summed E-state index contributed by atoms with van der Waals surface area (Å²) < 4.78 is 21.5. The van der Waals surface area contributed by atoms with E-state index in [9.17, 15) is 18.0 Å². The van der Waals surface area contributed by atoms with Crippen molar-refractivity contribution in [1.82, 2.24) is 10.6 Å². The van der Waals surface area contributed by atoms with E-state index >= 15 is 0 Å². The maximum atomic E-state index is 11.0. The van der Waals surface area contributed by atoms with Gasteiger partial charge in [0.25, 0.3) is 0 Å². The van der Waals surface area contributed by atoms with Gasteiger partial charge in [0, 0.05) is 25.1 Å². The maximum Gasteiger partial charge on any atom is 0.321 e. The van der Waals surface area contributed by atoms with Gasteiger partial charge in [0.05, 0.1) is 5.75 Å². The summed E-state index contributed by atoms with van der Waals surface area (Å²) in [5, 5.41) is 4.42. The molecular formula is C8H15ClN2O4S. The number of urea groups is 1. The molecule has 0 fully saturated rings. The molecular weight excluding hydrogens is 256 g/mol. The lowest BCUT2D eigenvalue weighted by atomic mass is 10.4. The van der Waals surface area contributed by atoms with Crippen molar-refractivity contribution < 1.29 is 18.0 Å². The van der Waals surface area contributed by atoms with Crippen LogP contribution in [0.3, 0.4) is 0 Å². The number of rotatable bonds is 6. The van der Waals surface area contributed by atoms with E-state index in [1.807, 2.05) is 0 Å². The Labute approximate surface area is 99.6 Å². The Morgan fingerprint density at radius 3 is 2.44 bits per heavy atom. The molecule has 16 heavy (non-hydrogen) atoms. The third-order valence-corrected chi connectivity index (χ3v) is 2.77. The van der Waals surface area contributed by atoms with Crippen LogP contribution in [0, 0.1) is 0 Å². The maximum absolute atomic E-state index is 11.0. The number of hydrogen-bond donors (Lipinski definition) is 2. The van der Waals surface area contributed by atoms with Crippen LogP contribution in [0.4, 0.5) is 4.79 Å². The summed E-state index contributed by atoms with van der Waals surface area (Å²) >= 11 is 5.30. The van der Waals surface area contributed by atoms with Gasteiger partial charge in [0.15, 0.2) is 0 Å². The highest BCUT2D eigenvalue weighted by molar-refractivity contribution is 7.90. The highest BCUT2D eigenvalue weighted by atomic mass is 35.5. The van der Waals surface area contributed by atoms with E-state index < -0.39 is 21.8 Å². The summed E-state index contributed by atoms with van der Waals surface area (Å²) in [6, 6.07) is -0.636. The highest BCUT2D eigenvalue weighted by Gasteiger charge is 2.06. The molecule has 2 N–H and O–H groups in total. The van der Waals surface area contributed by atoms with Gasteiger partial charge in [0.1, 0.15) is 9.84 Å². The van der Waals surface area contributed by atoms with Gasteiger partial charge < -0.3 is 5.32 Å². The van der Waals surface area contributed by atoms with Crippen LogP contribution in [0.2, 0.25) is 0 Å². The average molecular weight is 271 g/mol. The normalized spacial score (nSPS) is 10.9. The summed E-state index contributed by atoms with van der Waals surface area (Å²) in [5.41, 5.74) is 0. The lowest BCUT2D eigenvalue weighted by Crippen LogP contribution is -2.40. The molecule has 0 aliphatic heterocycles. The Kier molecular flexibility index (Phi) is 7.07. The first-order chi connectivity index (χ1) is 7.35. The topological polar surface area (TPSA) is 92.3 Å². The first-order valence-electron chi connectivity index (χ1n) is 4.66. The van der Waals surface area contributed by atoms with Crippen LogP contribution in [0.5, 0.6) is 0 Å².